The Hall–Kier alpha value is -2.36. The highest BCUT2D eigenvalue weighted by Gasteiger charge is 2.01. The monoisotopic (exact) mass is 287 g/mol. The second-order valence-electron chi connectivity index (χ2n) is 4.54. The molecule has 0 bridgehead atoms. The van der Waals surface area contributed by atoms with E-state index in [1.54, 1.807) is 14.2 Å². The van der Waals surface area contributed by atoms with Crippen LogP contribution in [0.1, 0.15) is 6.42 Å². The van der Waals surface area contributed by atoms with Crippen LogP contribution in [0.15, 0.2) is 48.5 Å². The Kier molecular flexibility index (Phi) is 5.76. The smallest absolute Gasteiger partial charge is 0.124 e. The van der Waals surface area contributed by atoms with Crippen molar-refractivity contribution in [2.24, 2.45) is 0 Å². The maximum absolute atomic E-state index is 5.64. The van der Waals surface area contributed by atoms with Crippen molar-refractivity contribution >= 4 is 5.69 Å². The van der Waals surface area contributed by atoms with Gasteiger partial charge >= 0.3 is 0 Å². The van der Waals surface area contributed by atoms with Gasteiger partial charge in [-0.3, -0.25) is 0 Å². The molecule has 0 amide bonds. The van der Waals surface area contributed by atoms with Crippen molar-refractivity contribution in [3.8, 4) is 17.2 Å². The summed E-state index contributed by atoms with van der Waals surface area (Å²) >= 11 is 0. The third-order valence-electron chi connectivity index (χ3n) is 3.01. The van der Waals surface area contributed by atoms with Crippen LogP contribution in [0.2, 0.25) is 0 Å². The van der Waals surface area contributed by atoms with Crippen LogP contribution in [0.25, 0.3) is 0 Å². The highest BCUT2D eigenvalue weighted by Crippen LogP contribution is 2.25. The van der Waals surface area contributed by atoms with Crippen LogP contribution >= 0.6 is 0 Å². The van der Waals surface area contributed by atoms with E-state index in [0.29, 0.717) is 6.61 Å². The van der Waals surface area contributed by atoms with Gasteiger partial charge in [0.2, 0.25) is 0 Å². The van der Waals surface area contributed by atoms with E-state index in [0.717, 1.165) is 35.9 Å². The first-order valence-electron chi connectivity index (χ1n) is 6.96. The lowest BCUT2D eigenvalue weighted by molar-refractivity contribution is 0.315. The lowest BCUT2D eigenvalue weighted by Crippen LogP contribution is -2.07. The van der Waals surface area contributed by atoms with Crippen LogP contribution in [0.4, 0.5) is 5.69 Å². The van der Waals surface area contributed by atoms with Crippen molar-refractivity contribution in [1.82, 2.24) is 0 Å². The zero-order valence-electron chi connectivity index (χ0n) is 12.5. The standard InChI is InChI=1S/C17H21NO3/c1-19-16-11-14(12-17(13-16)20-2)18-9-6-10-21-15-7-4-3-5-8-15/h3-5,7-8,11-13,18H,6,9-10H2,1-2H3. The molecule has 0 aliphatic rings. The zero-order valence-corrected chi connectivity index (χ0v) is 12.5. The molecule has 2 rings (SSSR count). The summed E-state index contributed by atoms with van der Waals surface area (Å²) in [5.41, 5.74) is 0.978. The fourth-order valence-electron chi connectivity index (χ4n) is 1.92. The molecule has 0 aliphatic carbocycles. The molecule has 0 radical (unpaired) electrons. The minimum Gasteiger partial charge on any atom is -0.497 e. The molecule has 0 spiro atoms. The maximum atomic E-state index is 5.64. The summed E-state index contributed by atoms with van der Waals surface area (Å²) < 4.78 is 16.1. The van der Waals surface area contributed by atoms with E-state index in [-0.39, 0.29) is 0 Å². The number of hydrogen-bond acceptors (Lipinski definition) is 4. The van der Waals surface area contributed by atoms with Gasteiger partial charge in [-0.2, -0.15) is 0 Å². The number of para-hydroxylation sites is 1. The minimum atomic E-state index is 0.679. The van der Waals surface area contributed by atoms with Gasteiger partial charge in [-0.1, -0.05) is 18.2 Å². The number of ether oxygens (including phenoxy) is 3. The third-order valence-corrected chi connectivity index (χ3v) is 3.01. The van der Waals surface area contributed by atoms with Crippen molar-refractivity contribution in [2.45, 2.75) is 6.42 Å². The summed E-state index contributed by atoms with van der Waals surface area (Å²) in [4.78, 5) is 0. The molecule has 0 heterocycles. The minimum absolute atomic E-state index is 0.679. The Labute approximate surface area is 125 Å². The fraction of sp³-hybridized carbons (Fsp3) is 0.294. The Bertz CT molecular complexity index is 521. The Morgan fingerprint density at radius 2 is 1.52 bits per heavy atom. The highest BCUT2D eigenvalue weighted by molar-refractivity contribution is 5.53. The summed E-state index contributed by atoms with van der Waals surface area (Å²) in [5, 5.41) is 3.34. The van der Waals surface area contributed by atoms with E-state index < -0.39 is 0 Å². The maximum Gasteiger partial charge on any atom is 0.124 e. The van der Waals surface area contributed by atoms with Crippen molar-refractivity contribution in [1.29, 1.82) is 0 Å². The van der Waals surface area contributed by atoms with E-state index in [1.807, 2.05) is 48.5 Å². The second-order valence-corrected chi connectivity index (χ2v) is 4.54. The lowest BCUT2D eigenvalue weighted by Gasteiger charge is -2.11. The van der Waals surface area contributed by atoms with Crippen molar-refractivity contribution in [3.05, 3.63) is 48.5 Å². The molecule has 0 fully saturated rings. The first kappa shape index (κ1) is 15.0. The molecule has 4 heteroatoms. The molecule has 0 aromatic heterocycles. The molecule has 112 valence electrons. The van der Waals surface area contributed by atoms with Crippen LogP contribution in [0.5, 0.6) is 17.2 Å². The number of anilines is 1. The van der Waals surface area contributed by atoms with Crippen molar-refractivity contribution in [3.63, 3.8) is 0 Å². The fourth-order valence-corrected chi connectivity index (χ4v) is 1.92. The molecular formula is C17H21NO3. The number of benzene rings is 2. The lowest BCUT2D eigenvalue weighted by atomic mass is 10.2. The largest absolute Gasteiger partial charge is 0.497 e. The molecule has 0 saturated carbocycles. The van der Waals surface area contributed by atoms with E-state index in [2.05, 4.69) is 5.32 Å². The predicted molar refractivity (Wildman–Crippen MR) is 84.6 cm³/mol. The molecule has 4 nitrogen and oxygen atoms in total. The van der Waals surface area contributed by atoms with Crippen LogP contribution < -0.4 is 19.5 Å². The molecule has 21 heavy (non-hydrogen) atoms. The van der Waals surface area contributed by atoms with Crippen LogP contribution in [-0.4, -0.2) is 27.4 Å². The molecule has 0 aliphatic heterocycles. The summed E-state index contributed by atoms with van der Waals surface area (Å²) in [6.07, 6.45) is 0.911. The van der Waals surface area contributed by atoms with Crippen molar-refractivity contribution in [2.75, 3.05) is 32.7 Å². The van der Waals surface area contributed by atoms with Gasteiger partial charge in [-0.05, 0) is 18.6 Å². The SMILES string of the molecule is COc1cc(NCCCOc2ccccc2)cc(OC)c1. The van der Waals surface area contributed by atoms with Gasteiger partial charge < -0.3 is 19.5 Å². The van der Waals surface area contributed by atoms with Crippen LogP contribution in [0, 0.1) is 0 Å². The molecule has 0 atom stereocenters. The molecule has 0 saturated heterocycles. The molecule has 1 N–H and O–H groups in total. The topological polar surface area (TPSA) is 39.7 Å². The summed E-state index contributed by atoms with van der Waals surface area (Å²) in [5.74, 6) is 2.45. The normalized spacial score (nSPS) is 10.0. The molecule has 0 unspecified atom stereocenters. The van der Waals surface area contributed by atoms with Gasteiger partial charge in [0.1, 0.15) is 17.2 Å². The van der Waals surface area contributed by atoms with Crippen molar-refractivity contribution < 1.29 is 14.2 Å². The van der Waals surface area contributed by atoms with Gasteiger partial charge in [-0.25, -0.2) is 0 Å². The van der Waals surface area contributed by atoms with Crippen LogP contribution in [-0.2, 0) is 0 Å². The first-order valence-corrected chi connectivity index (χ1v) is 6.96. The predicted octanol–water partition coefficient (Wildman–Crippen LogP) is 3.58. The molecule has 2 aromatic rings. The molecule has 2 aromatic carbocycles. The highest BCUT2D eigenvalue weighted by atomic mass is 16.5. The van der Waals surface area contributed by atoms with E-state index in [4.69, 9.17) is 14.2 Å². The van der Waals surface area contributed by atoms with Gasteiger partial charge in [-0.15, -0.1) is 0 Å². The number of nitrogens with one attached hydrogen (secondary N) is 1. The van der Waals surface area contributed by atoms with Gasteiger partial charge in [0.05, 0.1) is 20.8 Å². The van der Waals surface area contributed by atoms with E-state index >= 15 is 0 Å². The molecular weight excluding hydrogens is 266 g/mol. The number of hydrogen-bond donors (Lipinski definition) is 1. The zero-order chi connectivity index (χ0) is 14.9. The average Bonchev–Trinajstić information content (AvgIpc) is 2.55. The summed E-state index contributed by atoms with van der Waals surface area (Å²) in [7, 11) is 3.29. The Morgan fingerprint density at radius 1 is 0.857 bits per heavy atom. The quantitative estimate of drug-likeness (QED) is 0.753. The summed E-state index contributed by atoms with van der Waals surface area (Å²) in [6, 6.07) is 15.6. The number of rotatable bonds is 8. The Balaban J connectivity index is 1.75. The first-order chi connectivity index (χ1) is 10.3. The second kappa shape index (κ2) is 8.04. The van der Waals surface area contributed by atoms with Gasteiger partial charge in [0, 0.05) is 30.4 Å². The summed E-state index contributed by atoms with van der Waals surface area (Å²) in [6.45, 7) is 1.50. The number of methoxy groups -OCH3 is 2. The van der Waals surface area contributed by atoms with Gasteiger partial charge in [0.15, 0.2) is 0 Å². The third kappa shape index (κ3) is 4.91. The Morgan fingerprint density at radius 3 is 2.14 bits per heavy atom. The van der Waals surface area contributed by atoms with Crippen LogP contribution in [0.3, 0.4) is 0 Å². The van der Waals surface area contributed by atoms with E-state index in [1.165, 1.54) is 0 Å². The van der Waals surface area contributed by atoms with Gasteiger partial charge in [0.25, 0.3) is 0 Å². The average molecular weight is 287 g/mol. The van der Waals surface area contributed by atoms with E-state index in [9.17, 15) is 0 Å².